The zero-order valence-corrected chi connectivity index (χ0v) is 12.7. The van der Waals surface area contributed by atoms with Crippen LogP contribution < -0.4 is 0 Å². The SMILES string of the molecule is CCc1ccc(C(=O)COC2CC(C)OC(C)C2)s1. The third kappa shape index (κ3) is 4.13. The smallest absolute Gasteiger partial charge is 0.198 e. The molecule has 2 heterocycles. The second-order valence-corrected chi connectivity index (χ2v) is 6.37. The van der Waals surface area contributed by atoms with Crippen molar-refractivity contribution in [1.29, 1.82) is 0 Å². The first-order valence-electron chi connectivity index (χ1n) is 6.97. The minimum Gasteiger partial charge on any atom is -0.375 e. The standard InChI is InChI=1S/C15H22O3S/c1-4-13-5-6-15(19-13)14(16)9-17-12-7-10(2)18-11(3)8-12/h5-6,10-12H,4,7-9H2,1-3H3. The van der Waals surface area contributed by atoms with E-state index in [1.807, 2.05) is 12.1 Å². The predicted molar refractivity (Wildman–Crippen MR) is 77.0 cm³/mol. The second-order valence-electron chi connectivity index (χ2n) is 5.20. The van der Waals surface area contributed by atoms with Crippen LogP contribution in [-0.4, -0.2) is 30.7 Å². The van der Waals surface area contributed by atoms with E-state index in [0.717, 1.165) is 24.1 Å². The molecule has 0 saturated carbocycles. The van der Waals surface area contributed by atoms with Gasteiger partial charge in [-0.25, -0.2) is 0 Å². The number of hydrogen-bond donors (Lipinski definition) is 0. The summed E-state index contributed by atoms with van der Waals surface area (Å²) in [5, 5.41) is 0. The van der Waals surface area contributed by atoms with Gasteiger partial charge in [0.05, 0.1) is 23.2 Å². The Kier molecular flexibility index (Phi) is 5.13. The lowest BCUT2D eigenvalue weighted by Crippen LogP contribution is -2.35. The summed E-state index contributed by atoms with van der Waals surface area (Å²) >= 11 is 1.57. The van der Waals surface area contributed by atoms with Crippen molar-refractivity contribution in [2.75, 3.05) is 6.61 Å². The summed E-state index contributed by atoms with van der Waals surface area (Å²) in [4.78, 5) is 14.1. The van der Waals surface area contributed by atoms with Crippen LogP contribution in [0.2, 0.25) is 0 Å². The van der Waals surface area contributed by atoms with Crippen LogP contribution in [0.3, 0.4) is 0 Å². The van der Waals surface area contributed by atoms with Gasteiger partial charge < -0.3 is 9.47 Å². The molecule has 0 spiro atoms. The molecule has 0 aliphatic carbocycles. The first-order chi connectivity index (χ1) is 9.08. The molecule has 1 fully saturated rings. The van der Waals surface area contributed by atoms with Crippen LogP contribution in [0.4, 0.5) is 0 Å². The van der Waals surface area contributed by atoms with Crippen molar-refractivity contribution < 1.29 is 14.3 Å². The zero-order valence-electron chi connectivity index (χ0n) is 11.8. The Morgan fingerprint density at radius 1 is 1.37 bits per heavy atom. The summed E-state index contributed by atoms with van der Waals surface area (Å²) < 4.78 is 11.4. The third-order valence-corrected chi connectivity index (χ3v) is 4.66. The average Bonchev–Trinajstić information content (AvgIpc) is 2.83. The Morgan fingerprint density at radius 3 is 2.63 bits per heavy atom. The van der Waals surface area contributed by atoms with Gasteiger partial charge in [0.1, 0.15) is 6.61 Å². The van der Waals surface area contributed by atoms with E-state index in [1.54, 1.807) is 11.3 Å². The molecule has 1 aliphatic rings. The van der Waals surface area contributed by atoms with E-state index in [-0.39, 0.29) is 30.7 Å². The topological polar surface area (TPSA) is 35.5 Å². The van der Waals surface area contributed by atoms with Gasteiger partial charge >= 0.3 is 0 Å². The zero-order chi connectivity index (χ0) is 13.8. The Balaban J connectivity index is 1.83. The summed E-state index contributed by atoms with van der Waals surface area (Å²) in [6.07, 6.45) is 3.32. The first kappa shape index (κ1) is 14.7. The van der Waals surface area contributed by atoms with Gasteiger partial charge in [-0.15, -0.1) is 11.3 Å². The van der Waals surface area contributed by atoms with Gasteiger partial charge in [-0.1, -0.05) is 6.92 Å². The monoisotopic (exact) mass is 282 g/mol. The highest BCUT2D eigenvalue weighted by Crippen LogP contribution is 2.22. The molecule has 1 saturated heterocycles. The summed E-state index contributed by atoms with van der Waals surface area (Å²) in [6, 6.07) is 3.93. The van der Waals surface area contributed by atoms with Crippen molar-refractivity contribution in [3.8, 4) is 0 Å². The van der Waals surface area contributed by atoms with Crippen LogP contribution in [-0.2, 0) is 15.9 Å². The Labute approximate surface area is 118 Å². The van der Waals surface area contributed by atoms with Crippen molar-refractivity contribution >= 4 is 17.1 Å². The lowest BCUT2D eigenvalue weighted by molar-refractivity contribution is -0.0974. The maximum atomic E-state index is 12.0. The van der Waals surface area contributed by atoms with Crippen molar-refractivity contribution in [3.05, 3.63) is 21.9 Å². The molecule has 1 aliphatic heterocycles. The summed E-state index contributed by atoms with van der Waals surface area (Å²) in [7, 11) is 0. The quantitative estimate of drug-likeness (QED) is 0.776. The Bertz CT molecular complexity index is 417. The van der Waals surface area contributed by atoms with E-state index in [9.17, 15) is 4.79 Å². The molecular formula is C15H22O3S. The number of ketones is 1. The van der Waals surface area contributed by atoms with E-state index in [4.69, 9.17) is 9.47 Å². The lowest BCUT2D eigenvalue weighted by atomic mass is 10.0. The highest BCUT2D eigenvalue weighted by atomic mass is 32.1. The van der Waals surface area contributed by atoms with Crippen molar-refractivity contribution in [2.24, 2.45) is 0 Å². The van der Waals surface area contributed by atoms with Crippen molar-refractivity contribution in [1.82, 2.24) is 0 Å². The van der Waals surface area contributed by atoms with Gasteiger partial charge in [0.25, 0.3) is 0 Å². The minimum atomic E-state index is 0.0940. The van der Waals surface area contributed by atoms with Gasteiger partial charge in [0.2, 0.25) is 0 Å². The van der Waals surface area contributed by atoms with E-state index in [2.05, 4.69) is 20.8 Å². The Morgan fingerprint density at radius 2 is 2.05 bits per heavy atom. The molecule has 4 heteroatoms. The maximum absolute atomic E-state index is 12.0. The van der Waals surface area contributed by atoms with E-state index >= 15 is 0 Å². The molecule has 0 radical (unpaired) electrons. The molecule has 0 aromatic carbocycles. The highest BCUT2D eigenvalue weighted by Gasteiger charge is 2.25. The van der Waals surface area contributed by atoms with E-state index in [1.165, 1.54) is 4.88 Å². The number of Topliss-reactive ketones (excluding diaryl/α,β-unsaturated/α-hetero) is 1. The Hall–Kier alpha value is -0.710. The molecule has 19 heavy (non-hydrogen) atoms. The molecular weight excluding hydrogens is 260 g/mol. The number of ether oxygens (including phenoxy) is 2. The molecule has 2 atom stereocenters. The molecule has 3 nitrogen and oxygen atoms in total. The van der Waals surface area contributed by atoms with Crippen molar-refractivity contribution in [2.45, 2.75) is 58.3 Å². The number of thiophene rings is 1. The van der Waals surface area contributed by atoms with Crippen LogP contribution in [0.15, 0.2) is 12.1 Å². The van der Waals surface area contributed by atoms with Gasteiger partial charge in [-0.05, 0) is 45.2 Å². The number of aryl methyl sites for hydroxylation is 1. The third-order valence-electron chi connectivity index (χ3n) is 3.39. The van der Waals surface area contributed by atoms with Crippen LogP contribution in [0, 0.1) is 0 Å². The second kappa shape index (κ2) is 6.64. The molecule has 2 unspecified atom stereocenters. The fourth-order valence-electron chi connectivity index (χ4n) is 2.46. The summed E-state index contributed by atoms with van der Waals surface area (Å²) in [5.74, 6) is 0.0940. The van der Waals surface area contributed by atoms with Gasteiger partial charge in [0.15, 0.2) is 5.78 Å². The molecule has 0 bridgehead atoms. The van der Waals surface area contributed by atoms with E-state index < -0.39 is 0 Å². The first-order valence-corrected chi connectivity index (χ1v) is 7.79. The largest absolute Gasteiger partial charge is 0.375 e. The van der Waals surface area contributed by atoms with Gasteiger partial charge in [-0.3, -0.25) is 4.79 Å². The fourth-order valence-corrected chi connectivity index (χ4v) is 3.33. The average molecular weight is 282 g/mol. The van der Waals surface area contributed by atoms with Crippen LogP contribution in [0.5, 0.6) is 0 Å². The summed E-state index contributed by atoms with van der Waals surface area (Å²) in [5.41, 5.74) is 0. The highest BCUT2D eigenvalue weighted by molar-refractivity contribution is 7.14. The molecule has 2 rings (SSSR count). The number of carbonyl (C=O) groups is 1. The van der Waals surface area contributed by atoms with Crippen LogP contribution in [0.25, 0.3) is 0 Å². The van der Waals surface area contributed by atoms with Crippen LogP contribution >= 0.6 is 11.3 Å². The number of carbonyl (C=O) groups excluding carboxylic acids is 1. The number of hydrogen-bond acceptors (Lipinski definition) is 4. The maximum Gasteiger partial charge on any atom is 0.198 e. The van der Waals surface area contributed by atoms with E-state index in [0.29, 0.717) is 0 Å². The predicted octanol–water partition coefficient (Wildman–Crippen LogP) is 3.47. The van der Waals surface area contributed by atoms with Crippen LogP contribution in [0.1, 0.15) is 48.2 Å². The summed E-state index contributed by atoms with van der Waals surface area (Å²) in [6.45, 7) is 6.40. The van der Waals surface area contributed by atoms with Crippen molar-refractivity contribution in [3.63, 3.8) is 0 Å². The lowest BCUT2D eigenvalue weighted by Gasteiger charge is -2.31. The minimum absolute atomic E-state index is 0.0940. The molecule has 1 aromatic rings. The molecule has 0 N–H and O–H groups in total. The number of rotatable bonds is 5. The normalized spacial score (nSPS) is 27.4. The van der Waals surface area contributed by atoms with Gasteiger partial charge in [0, 0.05) is 4.88 Å². The molecule has 1 aromatic heterocycles. The fraction of sp³-hybridized carbons (Fsp3) is 0.667. The molecule has 0 amide bonds. The molecule has 106 valence electrons. The van der Waals surface area contributed by atoms with Gasteiger partial charge in [-0.2, -0.15) is 0 Å².